The standard InChI is InChI=1S/C20H35N3O3/c1-7-24-18-11-10-17(14-19(18)25-8-2)16(5)23-20(21-6)22-12-9-13-26-15(3)4/h10-11,14-16H,7-9,12-13H2,1-6H3,(H2,21,22,23). The molecule has 0 amide bonds. The van der Waals surface area contributed by atoms with Crippen molar-refractivity contribution in [3.63, 3.8) is 0 Å². The van der Waals surface area contributed by atoms with Crippen molar-refractivity contribution in [2.24, 2.45) is 4.99 Å². The van der Waals surface area contributed by atoms with Gasteiger partial charge < -0.3 is 24.8 Å². The summed E-state index contributed by atoms with van der Waals surface area (Å²) in [5.41, 5.74) is 1.11. The predicted octanol–water partition coefficient (Wildman–Crippen LogP) is 3.53. The molecule has 1 unspecified atom stereocenters. The molecule has 148 valence electrons. The van der Waals surface area contributed by atoms with Crippen LogP contribution in [0.4, 0.5) is 0 Å². The minimum absolute atomic E-state index is 0.0861. The van der Waals surface area contributed by atoms with E-state index in [2.05, 4.69) is 28.6 Å². The van der Waals surface area contributed by atoms with Crippen molar-refractivity contribution in [1.29, 1.82) is 0 Å². The molecule has 6 nitrogen and oxygen atoms in total. The van der Waals surface area contributed by atoms with Crippen LogP contribution in [-0.2, 0) is 4.74 Å². The van der Waals surface area contributed by atoms with Crippen LogP contribution < -0.4 is 20.1 Å². The van der Waals surface area contributed by atoms with E-state index in [0.29, 0.717) is 13.2 Å². The van der Waals surface area contributed by atoms with Gasteiger partial charge in [-0.2, -0.15) is 0 Å². The fraction of sp³-hybridized carbons (Fsp3) is 0.650. The zero-order chi connectivity index (χ0) is 19.4. The normalized spacial score (nSPS) is 12.8. The molecule has 2 N–H and O–H groups in total. The maximum absolute atomic E-state index is 5.71. The maximum atomic E-state index is 5.71. The number of hydrogen-bond acceptors (Lipinski definition) is 4. The molecule has 0 aliphatic rings. The van der Waals surface area contributed by atoms with Crippen LogP contribution in [0.25, 0.3) is 0 Å². The summed E-state index contributed by atoms with van der Waals surface area (Å²) in [4.78, 5) is 4.29. The van der Waals surface area contributed by atoms with Crippen LogP contribution in [0, 0.1) is 0 Å². The molecular formula is C20H35N3O3. The lowest BCUT2D eigenvalue weighted by Crippen LogP contribution is -2.39. The lowest BCUT2D eigenvalue weighted by atomic mass is 10.1. The molecule has 0 heterocycles. The van der Waals surface area contributed by atoms with Gasteiger partial charge in [0.25, 0.3) is 0 Å². The van der Waals surface area contributed by atoms with Crippen molar-refractivity contribution in [3.05, 3.63) is 23.8 Å². The molecular weight excluding hydrogens is 330 g/mol. The van der Waals surface area contributed by atoms with Gasteiger partial charge in [0.1, 0.15) is 0 Å². The van der Waals surface area contributed by atoms with E-state index in [9.17, 15) is 0 Å². The van der Waals surface area contributed by atoms with Gasteiger partial charge in [0.15, 0.2) is 17.5 Å². The van der Waals surface area contributed by atoms with Crippen molar-refractivity contribution in [2.75, 3.05) is 33.4 Å². The highest BCUT2D eigenvalue weighted by Gasteiger charge is 2.12. The van der Waals surface area contributed by atoms with Gasteiger partial charge in [0.2, 0.25) is 0 Å². The number of benzene rings is 1. The summed E-state index contributed by atoms with van der Waals surface area (Å²) in [5, 5.41) is 6.72. The molecule has 1 rings (SSSR count). The Bertz CT molecular complexity index is 547. The van der Waals surface area contributed by atoms with Crippen LogP contribution in [0.3, 0.4) is 0 Å². The number of aliphatic imine (C=N–C) groups is 1. The SMILES string of the molecule is CCOc1ccc(C(C)NC(=NC)NCCCOC(C)C)cc1OCC. The summed E-state index contributed by atoms with van der Waals surface area (Å²) in [5.74, 6) is 2.32. The fourth-order valence-corrected chi connectivity index (χ4v) is 2.42. The Morgan fingerprint density at radius 1 is 1.08 bits per heavy atom. The topological polar surface area (TPSA) is 64.1 Å². The zero-order valence-electron chi connectivity index (χ0n) is 17.1. The second-order valence-electron chi connectivity index (χ2n) is 6.21. The Labute approximate surface area is 158 Å². The molecule has 0 aliphatic carbocycles. The molecule has 1 atom stereocenters. The van der Waals surface area contributed by atoms with Gasteiger partial charge >= 0.3 is 0 Å². The molecule has 26 heavy (non-hydrogen) atoms. The maximum Gasteiger partial charge on any atom is 0.191 e. The summed E-state index contributed by atoms with van der Waals surface area (Å²) >= 11 is 0. The second-order valence-corrected chi connectivity index (χ2v) is 6.21. The second kappa shape index (κ2) is 12.4. The smallest absolute Gasteiger partial charge is 0.191 e. The molecule has 1 aromatic carbocycles. The van der Waals surface area contributed by atoms with Crippen molar-refractivity contribution in [3.8, 4) is 11.5 Å². The van der Waals surface area contributed by atoms with Gasteiger partial charge in [-0.1, -0.05) is 6.07 Å². The summed E-state index contributed by atoms with van der Waals surface area (Å²) < 4.78 is 16.9. The lowest BCUT2D eigenvalue weighted by Gasteiger charge is -2.20. The van der Waals surface area contributed by atoms with Crippen molar-refractivity contribution in [2.45, 2.75) is 53.2 Å². The van der Waals surface area contributed by atoms with Gasteiger partial charge in [0, 0.05) is 20.2 Å². The average Bonchev–Trinajstić information content (AvgIpc) is 2.61. The Hall–Kier alpha value is -1.95. The van der Waals surface area contributed by atoms with E-state index in [1.165, 1.54) is 0 Å². The molecule has 0 aliphatic heterocycles. The third-order valence-corrected chi connectivity index (χ3v) is 3.71. The molecule has 0 radical (unpaired) electrons. The molecule has 0 spiro atoms. The number of nitrogens with zero attached hydrogens (tertiary/aromatic N) is 1. The third-order valence-electron chi connectivity index (χ3n) is 3.71. The fourth-order valence-electron chi connectivity index (χ4n) is 2.42. The summed E-state index contributed by atoms with van der Waals surface area (Å²) in [7, 11) is 1.77. The first-order chi connectivity index (χ1) is 12.5. The van der Waals surface area contributed by atoms with E-state index in [1.807, 2.05) is 39.8 Å². The summed E-state index contributed by atoms with van der Waals surface area (Å²) in [6.45, 7) is 12.9. The van der Waals surface area contributed by atoms with E-state index in [-0.39, 0.29) is 12.1 Å². The Kier molecular flexibility index (Phi) is 10.5. The first-order valence-electron chi connectivity index (χ1n) is 9.50. The van der Waals surface area contributed by atoms with Crippen LogP contribution in [0.1, 0.15) is 52.6 Å². The zero-order valence-corrected chi connectivity index (χ0v) is 17.1. The largest absolute Gasteiger partial charge is 0.490 e. The number of hydrogen-bond donors (Lipinski definition) is 2. The molecule has 0 aromatic heterocycles. The Morgan fingerprint density at radius 3 is 2.38 bits per heavy atom. The number of rotatable bonds is 11. The highest BCUT2D eigenvalue weighted by Crippen LogP contribution is 2.30. The van der Waals surface area contributed by atoms with E-state index in [1.54, 1.807) is 7.05 Å². The van der Waals surface area contributed by atoms with E-state index >= 15 is 0 Å². The van der Waals surface area contributed by atoms with Crippen molar-refractivity contribution < 1.29 is 14.2 Å². The molecule has 0 bridgehead atoms. The van der Waals surface area contributed by atoms with E-state index < -0.39 is 0 Å². The Balaban J connectivity index is 2.61. The van der Waals surface area contributed by atoms with E-state index in [4.69, 9.17) is 14.2 Å². The van der Waals surface area contributed by atoms with Gasteiger partial charge in [-0.05, 0) is 58.7 Å². The van der Waals surface area contributed by atoms with Crippen LogP contribution in [0.2, 0.25) is 0 Å². The minimum atomic E-state index is 0.0861. The van der Waals surface area contributed by atoms with Crippen LogP contribution in [-0.4, -0.2) is 45.5 Å². The van der Waals surface area contributed by atoms with Gasteiger partial charge in [-0.25, -0.2) is 0 Å². The molecule has 6 heteroatoms. The van der Waals surface area contributed by atoms with Crippen LogP contribution in [0.5, 0.6) is 11.5 Å². The number of guanidine groups is 1. The number of nitrogens with one attached hydrogen (secondary N) is 2. The predicted molar refractivity (Wildman–Crippen MR) is 107 cm³/mol. The summed E-state index contributed by atoms with van der Waals surface area (Å²) in [6, 6.07) is 6.12. The van der Waals surface area contributed by atoms with Gasteiger partial charge in [-0.15, -0.1) is 0 Å². The number of ether oxygens (including phenoxy) is 3. The minimum Gasteiger partial charge on any atom is -0.490 e. The monoisotopic (exact) mass is 365 g/mol. The third kappa shape index (κ3) is 7.95. The highest BCUT2D eigenvalue weighted by molar-refractivity contribution is 5.80. The quantitative estimate of drug-likeness (QED) is 0.357. The summed E-state index contributed by atoms with van der Waals surface area (Å²) in [6.07, 6.45) is 1.21. The van der Waals surface area contributed by atoms with Crippen molar-refractivity contribution in [1.82, 2.24) is 10.6 Å². The molecule has 0 saturated carbocycles. The van der Waals surface area contributed by atoms with Crippen LogP contribution >= 0.6 is 0 Å². The van der Waals surface area contributed by atoms with E-state index in [0.717, 1.165) is 42.6 Å². The first kappa shape index (κ1) is 22.1. The molecule has 0 fully saturated rings. The van der Waals surface area contributed by atoms with Gasteiger partial charge in [0.05, 0.1) is 25.4 Å². The average molecular weight is 366 g/mol. The van der Waals surface area contributed by atoms with Crippen LogP contribution in [0.15, 0.2) is 23.2 Å². The lowest BCUT2D eigenvalue weighted by molar-refractivity contribution is 0.0776. The first-order valence-corrected chi connectivity index (χ1v) is 9.50. The van der Waals surface area contributed by atoms with Gasteiger partial charge in [-0.3, -0.25) is 4.99 Å². The highest BCUT2D eigenvalue weighted by atomic mass is 16.5. The van der Waals surface area contributed by atoms with Crippen molar-refractivity contribution >= 4 is 5.96 Å². The molecule has 1 aromatic rings. The Morgan fingerprint density at radius 2 is 1.77 bits per heavy atom. The molecule has 0 saturated heterocycles.